The molecule has 0 saturated heterocycles. The number of nitrogens with zero attached hydrogens (tertiary/aromatic N) is 3. The largest absolute Gasteiger partial charge is 0.658 e. The maximum Gasteiger partial charge on any atom is 0.123 e. The molecule has 0 heterocycles. The first-order chi connectivity index (χ1) is 13.1. The van der Waals surface area contributed by atoms with E-state index < -0.39 is 0 Å². The second-order valence-electron chi connectivity index (χ2n) is 6.14. The molecule has 0 atom stereocenters. The van der Waals surface area contributed by atoms with Crippen LogP contribution >= 0.6 is 0 Å². The molecule has 0 spiro atoms. The minimum absolute atomic E-state index is 0.748. The number of methoxy groups -OCH3 is 2. The second kappa shape index (κ2) is 8.36. The average molecular weight is 360 g/mol. The van der Waals surface area contributed by atoms with E-state index in [0.717, 1.165) is 45.4 Å². The maximum atomic E-state index is 5.34. The van der Waals surface area contributed by atoms with Gasteiger partial charge < -0.3 is 14.8 Å². The van der Waals surface area contributed by atoms with Gasteiger partial charge in [0.2, 0.25) is 0 Å². The molecule has 5 heteroatoms. The van der Waals surface area contributed by atoms with Crippen LogP contribution < -0.4 is 9.47 Å². The first-order valence-corrected chi connectivity index (χ1v) is 8.62. The molecule has 0 radical (unpaired) electrons. The van der Waals surface area contributed by atoms with Crippen LogP contribution in [0.5, 0.6) is 11.5 Å². The van der Waals surface area contributed by atoms with Crippen LogP contribution in [-0.4, -0.2) is 14.2 Å². The number of benzene rings is 3. The molecular formula is C22H22N3O2-. The van der Waals surface area contributed by atoms with Gasteiger partial charge in [0.15, 0.2) is 0 Å². The minimum Gasteiger partial charge on any atom is -0.658 e. The van der Waals surface area contributed by atoms with Crippen molar-refractivity contribution >= 4 is 22.7 Å². The van der Waals surface area contributed by atoms with Gasteiger partial charge in [-0.05, 0) is 49.2 Å². The highest BCUT2D eigenvalue weighted by molar-refractivity contribution is 5.69. The summed E-state index contributed by atoms with van der Waals surface area (Å²) in [5, 5.41) is 13.2. The molecule has 138 valence electrons. The zero-order chi connectivity index (χ0) is 19.2. The predicted octanol–water partition coefficient (Wildman–Crippen LogP) is 7.07. The Morgan fingerprint density at radius 2 is 1.15 bits per heavy atom. The summed E-state index contributed by atoms with van der Waals surface area (Å²) >= 11 is 0. The van der Waals surface area contributed by atoms with Gasteiger partial charge >= 0.3 is 0 Å². The van der Waals surface area contributed by atoms with E-state index in [1.165, 1.54) is 0 Å². The summed E-state index contributed by atoms with van der Waals surface area (Å²) in [7, 11) is 3.31. The van der Waals surface area contributed by atoms with Crippen LogP contribution in [0.4, 0.5) is 22.7 Å². The standard InChI is InChI=1S/C22H22N3O2/c1-15-5-7-19(13-21(15)26-3)23-17-9-11-18(12-10-17)24-25-20-8-6-16(2)22(14-20)27-4/h5-14H,1-4H3/q-1. The zero-order valence-electron chi connectivity index (χ0n) is 15.9. The highest BCUT2D eigenvalue weighted by Gasteiger charge is 1.99. The summed E-state index contributed by atoms with van der Waals surface area (Å²) in [6.07, 6.45) is 0. The van der Waals surface area contributed by atoms with Gasteiger partial charge in [0.05, 0.1) is 25.6 Å². The van der Waals surface area contributed by atoms with E-state index in [9.17, 15) is 0 Å². The van der Waals surface area contributed by atoms with E-state index in [1.54, 1.807) is 14.2 Å². The molecule has 3 aromatic carbocycles. The fourth-order valence-electron chi connectivity index (χ4n) is 2.61. The summed E-state index contributed by atoms with van der Waals surface area (Å²) in [6, 6.07) is 19.2. The van der Waals surface area contributed by atoms with E-state index >= 15 is 0 Å². The van der Waals surface area contributed by atoms with Gasteiger partial charge in [0.1, 0.15) is 11.5 Å². The van der Waals surface area contributed by atoms with E-state index in [-0.39, 0.29) is 0 Å². The average Bonchev–Trinajstić information content (AvgIpc) is 2.70. The molecule has 0 fully saturated rings. The number of ether oxygens (including phenoxy) is 2. The van der Waals surface area contributed by atoms with Crippen molar-refractivity contribution in [2.24, 2.45) is 10.2 Å². The lowest BCUT2D eigenvalue weighted by atomic mass is 10.2. The molecule has 0 bridgehead atoms. The smallest absolute Gasteiger partial charge is 0.123 e. The Bertz CT molecular complexity index is 950. The Morgan fingerprint density at radius 1 is 0.630 bits per heavy atom. The van der Waals surface area contributed by atoms with Gasteiger partial charge in [-0.3, -0.25) is 0 Å². The molecule has 0 unspecified atom stereocenters. The normalized spacial score (nSPS) is 10.8. The third-order valence-corrected chi connectivity index (χ3v) is 4.17. The second-order valence-corrected chi connectivity index (χ2v) is 6.14. The van der Waals surface area contributed by atoms with Crippen molar-refractivity contribution < 1.29 is 9.47 Å². The van der Waals surface area contributed by atoms with Gasteiger partial charge in [-0.25, -0.2) is 0 Å². The Labute approximate surface area is 159 Å². The maximum absolute atomic E-state index is 5.34. The van der Waals surface area contributed by atoms with Crippen LogP contribution in [0.2, 0.25) is 0 Å². The lowest BCUT2D eigenvalue weighted by Crippen LogP contribution is -1.85. The van der Waals surface area contributed by atoms with Crippen molar-refractivity contribution in [2.75, 3.05) is 14.2 Å². The molecule has 0 aliphatic carbocycles. The quantitative estimate of drug-likeness (QED) is 0.441. The molecule has 0 aliphatic rings. The molecule has 3 aromatic rings. The first-order valence-electron chi connectivity index (χ1n) is 8.62. The summed E-state index contributed by atoms with van der Waals surface area (Å²) in [5.74, 6) is 1.63. The molecule has 0 amide bonds. The first kappa shape index (κ1) is 18.5. The monoisotopic (exact) mass is 360 g/mol. The van der Waals surface area contributed by atoms with Crippen molar-refractivity contribution in [3.63, 3.8) is 0 Å². The zero-order valence-corrected chi connectivity index (χ0v) is 15.9. The highest BCUT2D eigenvalue weighted by Crippen LogP contribution is 2.35. The Balaban J connectivity index is 1.70. The van der Waals surface area contributed by atoms with Crippen molar-refractivity contribution in [3.05, 3.63) is 77.1 Å². The summed E-state index contributed by atoms with van der Waals surface area (Å²) in [5.41, 5.74) is 5.35. The topological polar surface area (TPSA) is 57.3 Å². The molecule has 5 nitrogen and oxygen atoms in total. The number of azo groups is 1. The fraction of sp³-hybridized carbons (Fsp3) is 0.182. The molecular weight excluding hydrogens is 338 g/mol. The number of hydrogen-bond acceptors (Lipinski definition) is 4. The molecule has 0 aromatic heterocycles. The number of rotatable bonds is 6. The SMILES string of the molecule is COc1cc(N=Nc2ccc([N-]c3ccc(C)c(OC)c3)cc2)ccc1C. The Hall–Kier alpha value is -3.34. The lowest BCUT2D eigenvalue weighted by Gasteiger charge is -2.23. The molecule has 27 heavy (non-hydrogen) atoms. The summed E-state index contributed by atoms with van der Waals surface area (Å²) in [4.78, 5) is 0. The van der Waals surface area contributed by atoms with Crippen LogP contribution in [0.3, 0.4) is 0 Å². The Morgan fingerprint density at radius 3 is 1.81 bits per heavy atom. The van der Waals surface area contributed by atoms with E-state index in [4.69, 9.17) is 9.47 Å². The molecule has 3 rings (SSSR count). The van der Waals surface area contributed by atoms with E-state index in [0.29, 0.717) is 0 Å². The number of hydrogen-bond donors (Lipinski definition) is 0. The molecule has 0 saturated carbocycles. The van der Waals surface area contributed by atoms with Crippen molar-refractivity contribution in [2.45, 2.75) is 13.8 Å². The lowest BCUT2D eigenvalue weighted by molar-refractivity contribution is 0.412. The van der Waals surface area contributed by atoms with Crippen molar-refractivity contribution in [1.29, 1.82) is 0 Å². The predicted molar refractivity (Wildman–Crippen MR) is 109 cm³/mol. The Kier molecular flexibility index (Phi) is 5.71. The van der Waals surface area contributed by atoms with Gasteiger partial charge in [-0.15, -0.1) is 11.4 Å². The van der Waals surface area contributed by atoms with Gasteiger partial charge in [0, 0.05) is 6.07 Å². The third-order valence-electron chi connectivity index (χ3n) is 4.17. The fourth-order valence-corrected chi connectivity index (χ4v) is 2.61. The molecule has 0 N–H and O–H groups in total. The number of aryl methyl sites for hydroxylation is 2. The van der Waals surface area contributed by atoms with E-state index in [2.05, 4.69) is 15.5 Å². The van der Waals surface area contributed by atoms with E-state index in [1.807, 2.05) is 74.5 Å². The van der Waals surface area contributed by atoms with Crippen LogP contribution in [-0.2, 0) is 0 Å². The van der Waals surface area contributed by atoms with Gasteiger partial charge in [-0.1, -0.05) is 30.3 Å². The molecule has 0 aliphatic heterocycles. The summed E-state index contributed by atoms with van der Waals surface area (Å²) < 4.78 is 10.7. The highest BCUT2D eigenvalue weighted by atomic mass is 16.5. The van der Waals surface area contributed by atoms with Crippen molar-refractivity contribution in [1.82, 2.24) is 0 Å². The third kappa shape index (κ3) is 4.64. The van der Waals surface area contributed by atoms with Gasteiger partial charge in [0.25, 0.3) is 0 Å². The van der Waals surface area contributed by atoms with Crippen LogP contribution in [0.25, 0.3) is 5.32 Å². The summed E-state index contributed by atoms with van der Waals surface area (Å²) in [6.45, 7) is 4.00. The van der Waals surface area contributed by atoms with Gasteiger partial charge in [-0.2, -0.15) is 10.2 Å². The van der Waals surface area contributed by atoms with Crippen LogP contribution in [0.1, 0.15) is 11.1 Å². The van der Waals surface area contributed by atoms with Crippen molar-refractivity contribution in [3.8, 4) is 11.5 Å². The van der Waals surface area contributed by atoms with Crippen LogP contribution in [0.15, 0.2) is 70.9 Å². The van der Waals surface area contributed by atoms with Crippen LogP contribution in [0, 0.1) is 13.8 Å². The minimum atomic E-state index is 0.748.